The number of methoxy groups -OCH3 is 1. The molecule has 0 unspecified atom stereocenters. The molecule has 2 amide bonds. The Morgan fingerprint density at radius 3 is 2.47 bits per heavy atom. The van der Waals surface area contributed by atoms with Gasteiger partial charge in [-0.2, -0.15) is 26.9 Å². The molecule has 0 fully saturated rings. The summed E-state index contributed by atoms with van der Waals surface area (Å²) in [6, 6.07) is 4.42. The van der Waals surface area contributed by atoms with Crippen LogP contribution in [0.2, 0.25) is 0 Å². The summed E-state index contributed by atoms with van der Waals surface area (Å²) in [5.74, 6) is -6.14. The van der Waals surface area contributed by atoms with Gasteiger partial charge in [0.25, 0.3) is 5.91 Å². The molecule has 0 atom stereocenters. The summed E-state index contributed by atoms with van der Waals surface area (Å²) in [7, 11) is 4.18. The van der Waals surface area contributed by atoms with Crippen LogP contribution in [0.15, 0.2) is 24.4 Å². The maximum atomic E-state index is 14.1. The lowest BCUT2D eigenvalue weighted by Gasteiger charge is -2.32. The number of anilines is 4. The summed E-state index contributed by atoms with van der Waals surface area (Å²) >= 11 is 0. The van der Waals surface area contributed by atoms with Crippen LogP contribution in [-0.4, -0.2) is 68.2 Å². The topological polar surface area (TPSA) is 99.7 Å². The summed E-state index contributed by atoms with van der Waals surface area (Å²) in [6.07, 6.45) is -4.64. The molecule has 0 bridgehead atoms. The van der Waals surface area contributed by atoms with Crippen LogP contribution in [-0.2, 0) is 4.79 Å². The Balaban J connectivity index is 2.06. The average Bonchev–Trinajstić information content (AvgIpc) is 2.87. The molecule has 2 heterocycles. The second-order valence-electron chi connectivity index (χ2n) is 8.83. The Morgan fingerprint density at radius 1 is 1.22 bits per heavy atom. The molecule has 2 N–H and O–H groups in total. The predicted octanol–water partition coefficient (Wildman–Crippen LogP) is 3.60. The zero-order valence-electron chi connectivity index (χ0n) is 20.1. The van der Waals surface area contributed by atoms with Crippen LogP contribution < -0.4 is 25.2 Å². The predicted molar refractivity (Wildman–Crippen MR) is 122 cm³/mol. The second kappa shape index (κ2) is 9.39. The number of ether oxygens (including phenoxy) is 1. The molecule has 0 saturated carbocycles. The van der Waals surface area contributed by atoms with Crippen LogP contribution in [0.5, 0.6) is 5.75 Å². The van der Waals surface area contributed by atoms with Gasteiger partial charge in [0, 0.05) is 26.2 Å². The third kappa shape index (κ3) is 5.11. The number of fused-ring (bicyclic) bond motifs is 1. The molecule has 36 heavy (non-hydrogen) atoms. The first-order chi connectivity index (χ1) is 16.6. The van der Waals surface area contributed by atoms with Gasteiger partial charge in [0.1, 0.15) is 11.4 Å². The minimum Gasteiger partial charge on any atom is -0.495 e. The monoisotopic (exact) mass is 516 g/mol. The van der Waals surface area contributed by atoms with Gasteiger partial charge in [-0.05, 0) is 32.0 Å². The Morgan fingerprint density at radius 2 is 1.89 bits per heavy atom. The Bertz CT molecular complexity index is 1170. The fourth-order valence-electron chi connectivity index (χ4n) is 3.74. The molecule has 0 saturated heterocycles. The number of amides is 2. The van der Waals surface area contributed by atoms with E-state index < -0.39 is 36.5 Å². The zero-order valence-corrected chi connectivity index (χ0v) is 20.1. The smallest absolute Gasteiger partial charge is 0.455 e. The summed E-state index contributed by atoms with van der Waals surface area (Å²) < 4.78 is 72.6. The van der Waals surface area contributed by atoms with Gasteiger partial charge in [0.15, 0.2) is 5.82 Å². The second-order valence-corrected chi connectivity index (χ2v) is 8.83. The van der Waals surface area contributed by atoms with Crippen molar-refractivity contribution in [1.29, 1.82) is 0 Å². The van der Waals surface area contributed by atoms with Crippen LogP contribution >= 0.6 is 0 Å². The highest BCUT2D eigenvalue weighted by Gasteiger charge is 2.59. The lowest BCUT2D eigenvalue weighted by molar-refractivity contribution is -0.277. The van der Waals surface area contributed by atoms with Crippen molar-refractivity contribution in [1.82, 2.24) is 15.3 Å². The van der Waals surface area contributed by atoms with E-state index >= 15 is 0 Å². The van der Waals surface area contributed by atoms with Gasteiger partial charge in [-0.1, -0.05) is 0 Å². The molecule has 2 aromatic rings. The molecule has 0 radical (unpaired) electrons. The third-order valence-electron chi connectivity index (χ3n) is 5.62. The van der Waals surface area contributed by atoms with Crippen LogP contribution in [0.3, 0.4) is 0 Å². The van der Waals surface area contributed by atoms with E-state index in [0.29, 0.717) is 11.3 Å². The minimum absolute atomic E-state index is 0.0315. The summed E-state index contributed by atoms with van der Waals surface area (Å²) in [5, 5.41) is 5.29. The van der Waals surface area contributed by atoms with E-state index in [1.165, 1.54) is 53.3 Å². The molecule has 3 rings (SSSR count). The molecule has 0 spiro atoms. The number of rotatable bonds is 6. The van der Waals surface area contributed by atoms with Crippen LogP contribution in [0.4, 0.5) is 45.1 Å². The molecule has 14 heteroatoms. The first-order valence-corrected chi connectivity index (χ1v) is 10.6. The van der Waals surface area contributed by atoms with Crippen LogP contribution in [0.25, 0.3) is 0 Å². The van der Waals surface area contributed by atoms with Crippen molar-refractivity contribution in [3.05, 3.63) is 30.0 Å². The largest absolute Gasteiger partial charge is 0.495 e. The summed E-state index contributed by atoms with van der Waals surface area (Å²) in [5.41, 5.74) is -0.735. The molecular weight excluding hydrogens is 491 g/mol. The van der Waals surface area contributed by atoms with Crippen molar-refractivity contribution in [2.24, 2.45) is 5.41 Å². The summed E-state index contributed by atoms with van der Waals surface area (Å²) in [6.45, 7) is 0.702. The Labute approximate surface area is 203 Å². The summed E-state index contributed by atoms with van der Waals surface area (Å²) in [4.78, 5) is 34.9. The molecule has 0 aliphatic carbocycles. The maximum absolute atomic E-state index is 14.1. The van der Waals surface area contributed by atoms with Crippen molar-refractivity contribution in [2.45, 2.75) is 25.9 Å². The van der Waals surface area contributed by atoms with Crippen molar-refractivity contribution in [3.63, 3.8) is 0 Å². The quantitative estimate of drug-likeness (QED) is 0.566. The van der Waals surface area contributed by atoms with Crippen molar-refractivity contribution >= 4 is 35.0 Å². The highest BCUT2D eigenvalue weighted by molar-refractivity contribution is 6.01. The highest BCUT2D eigenvalue weighted by atomic mass is 19.4. The van der Waals surface area contributed by atoms with Crippen molar-refractivity contribution < 1.29 is 36.3 Å². The molecule has 1 aliphatic heterocycles. The van der Waals surface area contributed by atoms with E-state index in [0.717, 1.165) is 16.0 Å². The fraction of sp³-hybridized carbons (Fsp3) is 0.455. The van der Waals surface area contributed by atoms with Gasteiger partial charge in [-0.3, -0.25) is 9.59 Å². The van der Waals surface area contributed by atoms with E-state index in [1.807, 2.05) is 0 Å². The fourth-order valence-corrected chi connectivity index (χ4v) is 3.74. The Hall–Kier alpha value is -3.71. The van der Waals surface area contributed by atoms with Crippen LogP contribution in [0.1, 0.15) is 24.2 Å². The number of nitrogens with zero attached hydrogens (tertiary/aromatic N) is 4. The molecular formula is C22H25F5N6O3. The first kappa shape index (κ1) is 26.9. The van der Waals surface area contributed by atoms with Crippen molar-refractivity contribution in [2.75, 3.05) is 49.4 Å². The number of nitrogens with one attached hydrogen (secondary N) is 2. The minimum atomic E-state index is -5.80. The van der Waals surface area contributed by atoms with Crippen molar-refractivity contribution in [3.8, 4) is 5.75 Å². The van der Waals surface area contributed by atoms with E-state index in [-0.39, 0.29) is 29.1 Å². The standard InChI is InChI=1S/C22H25F5N6O3/c1-20(2)10-33(11-21(23,24)22(25,26)27)16-14(32(4)18(20)35)9-29-19(31-16)30-13-7-6-12(17(34)28-3)8-15(13)36-5/h6-9H,10-11H2,1-5H3,(H,28,34)(H,29,30,31). The SMILES string of the molecule is CNC(=O)c1ccc(Nc2ncc3c(n2)N(CC(F)(F)C(F)(F)F)CC(C)(C)C(=O)N3C)c(OC)c1. The molecule has 9 nitrogen and oxygen atoms in total. The number of carbonyl (C=O) groups is 2. The lowest BCUT2D eigenvalue weighted by atomic mass is 9.91. The Kier molecular flexibility index (Phi) is 7.01. The van der Waals surface area contributed by atoms with Gasteiger partial charge in [-0.25, -0.2) is 4.98 Å². The van der Waals surface area contributed by atoms with Crippen LogP contribution in [0, 0.1) is 5.41 Å². The molecule has 196 valence electrons. The zero-order chi connectivity index (χ0) is 27.1. The van der Waals surface area contributed by atoms with E-state index in [2.05, 4.69) is 20.6 Å². The number of carbonyl (C=O) groups excluding carboxylic acids is 2. The molecule has 1 aromatic carbocycles. The van der Waals surface area contributed by atoms with Gasteiger partial charge < -0.3 is 25.2 Å². The van der Waals surface area contributed by atoms with Gasteiger partial charge in [0.05, 0.1) is 31.0 Å². The lowest BCUT2D eigenvalue weighted by Crippen LogP contribution is -2.50. The first-order valence-electron chi connectivity index (χ1n) is 10.6. The van der Waals surface area contributed by atoms with Gasteiger partial charge in [-0.15, -0.1) is 0 Å². The average molecular weight is 516 g/mol. The normalized spacial score (nSPS) is 15.8. The van der Waals surface area contributed by atoms with Gasteiger partial charge >= 0.3 is 12.1 Å². The maximum Gasteiger partial charge on any atom is 0.455 e. The number of benzene rings is 1. The number of halogens is 5. The molecule has 1 aliphatic rings. The van der Waals surface area contributed by atoms with E-state index in [1.54, 1.807) is 0 Å². The van der Waals surface area contributed by atoms with Gasteiger partial charge in [0.2, 0.25) is 11.9 Å². The number of hydrogen-bond donors (Lipinski definition) is 2. The number of aromatic nitrogens is 2. The van der Waals surface area contributed by atoms with E-state index in [9.17, 15) is 31.5 Å². The molecule has 1 aromatic heterocycles. The number of alkyl halides is 5. The number of hydrogen-bond acceptors (Lipinski definition) is 7. The highest BCUT2D eigenvalue weighted by Crippen LogP contribution is 2.41. The third-order valence-corrected chi connectivity index (χ3v) is 5.62. The van der Waals surface area contributed by atoms with E-state index in [4.69, 9.17) is 4.74 Å².